The third kappa shape index (κ3) is 5.70. The van der Waals surface area contributed by atoms with Crippen molar-refractivity contribution in [1.82, 2.24) is 4.68 Å². The molecule has 1 fully saturated rings. The van der Waals surface area contributed by atoms with E-state index in [1.165, 1.54) is 19.3 Å². The number of methoxy groups -OCH3 is 3. The predicted molar refractivity (Wildman–Crippen MR) is 128 cm³/mol. The average Bonchev–Trinajstić information content (AvgIpc) is 3.14. The number of aromatic nitrogens is 1. The van der Waals surface area contributed by atoms with Gasteiger partial charge in [-0.15, -0.1) is 11.3 Å². The molecule has 0 saturated heterocycles. The van der Waals surface area contributed by atoms with E-state index in [1.54, 1.807) is 32.7 Å². The second-order valence-corrected chi connectivity index (χ2v) is 9.32. The number of benzene rings is 1. The number of rotatable bonds is 8. The van der Waals surface area contributed by atoms with E-state index in [1.807, 2.05) is 16.8 Å². The van der Waals surface area contributed by atoms with Crippen molar-refractivity contribution in [2.75, 3.05) is 21.3 Å². The van der Waals surface area contributed by atoms with Gasteiger partial charge >= 0.3 is 0 Å². The monoisotopic (exact) mass is 445 g/mol. The van der Waals surface area contributed by atoms with Crippen molar-refractivity contribution in [1.29, 1.82) is 0 Å². The van der Waals surface area contributed by atoms with Crippen LogP contribution in [0.2, 0.25) is 0 Å². The number of nitrogens with zero attached hydrogens (tertiary/aromatic N) is 3. The van der Waals surface area contributed by atoms with Crippen LogP contribution in [0.25, 0.3) is 11.3 Å². The Bertz CT molecular complexity index is 944. The van der Waals surface area contributed by atoms with Gasteiger partial charge in [-0.25, -0.2) is 4.68 Å². The summed E-state index contributed by atoms with van der Waals surface area (Å²) in [4.78, 5) is 6.05. The Balaban J connectivity index is 2.15. The Labute approximate surface area is 189 Å². The molecule has 1 aliphatic rings. The van der Waals surface area contributed by atoms with Gasteiger partial charge < -0.3 is 14.2 Å². The zero-order valence-corrected chi connectivity index (χ0v) is 20.4. The molecule has 1 aromatic heterocycles. The van der Waals surface area contributed by atoms with Crippen molar-refractivity contribution >= 4 is 17.0 Å². The predicted octanol–water partition coefficient (Wildman–Crippen LogP) is 5.75. The van der Waals surface area contributed by atoms with Gasteiger partial charge in [-0.2, -0.15) is 5.10 Å². The highest BCUT2D eigenvalue weighted by Gasteiger charge is 2.18. The van der Waals surface area contributed by atoms with Crippen LogP contribution in [0.1, 0.15) is 59.3 Å². The maximum Gasteiger partial charge on any atom is 0.206 e. The molecule has 2 aromatic rings. The topological polar surface area (TPSA) is 57.3 Å². The molecule has 0 unspecified atom stereocenters. The van der Waals surface area contributed by atoms with Crippen LogP contribution >= 0.6 is 11.3 Å². The van der Waals surface area contributed by atoms with E-state index in [0.29, 0.717) is 29.2 Å². The average molecular weight is 446 g/mol. The van der Waals surface area contributed by atoms with E-state index in [-0.39, 0.29) is 0 Å². The third-order valence-corrected chi connectivity index (χ3v) is 6.32. The van der Waals surface area contributed by atoms with E-state index in [0.717, 1.165) is 41.0 Å². The fraction of sp³-hybridized carbons (Fsp3) is 0.583. The Morgan fingerprint density at radius 3 is 2.26 bits per heavy atom. The molecular weight excluding hydrogens is 410 g/mol. The van der Waals surface area contributed by atoms with Crippen molar-refractivity contribution < 1.29 is 14.2 Å². The number of hydrogen-bond acceptors (Lipinski definition) is 6. The van der Waals surface area contributed by atoms with E-state index in [2.05, 4.69) is 26.2 Å². The number of thiazole rings is 1. The quantitative estimate of drug-likeness (QED) is 0.486. The SMILES string of the molecule is COc1cc(-c2csc(=NC3CCCCC3)n2N=C(C)CC(C)C)cc(OC)c1OC. The molecule has 6 nitrogen and oxygen atoms in total. The third-order valence-electron chi connectivity index (χ3n) is 5.49. The molecule has 0 spiro atoms. The summed E-state index contributed by atoms with van der Waals surface area (Å²) >= 11 is 1.64. The first kappa shape index (κ1) is 23.4. The van der Waals surface area contributed by atoms with Gasteiger partial charge in [0.05, 0.1) is 33.1 Å². The zero-order chi connectivity index (χ0) is 22.4. The van der Waals surface area contributed by atoms with Gasteiger partial charge in [0, 0.05) is 16.7 Å². The molecule has 1 aromatic carbocycles. The standard InChI is InChI=1S/C24H35N3O3S/c1-16(2)12-17(3)26-27-20(15-31-24(27)25-19-10-8-7-9-11-19)18-13-21(28-4)23(30-6)22(14-18)29-5/h13-16,19H,7-12H2,1-6H3. The lowest BCUT2D eigenvalue weighted by Gasteiger charge is -2.17. The van der Waals surface area contributed by atoms with Crippen molar-refractivity contribution in [3.8, 4) is 28.5 Å². The van der Waals surface area contributed by atoms with Crippen LogP contribution in [0, 0.1) is 5.92 Å². The Morgan fingerprint density at radius 2 is 1.71 bits per heavy atom. The maximum absolute atomic E-state index is 5.57. The minimum atomic E-state index is 0.382. The lowest BCUT2D eigenvalue weighted by atomic mass is 9.96. The molecule has 0 radical (unpaired) electrons. The van der Waals surface area contributed by atoms with Crippen LogP contribution < -0.4 is 19.0 Å². The highest BCUT2D eigenvalue weighted by atomic mass is 32.1. The second-order valence-electron chi connectivity index (χ2n) is 8.48. The van der Waals surface area contributed by atoms with Crippen molar-refractivity contribution in [2.24, 2.45) is 16.0 Å². The summed E-state index contributed by atoms with van der Waals surface area (Å²) < 4.78 is 18.6. The van der Waals surface area contributed by atoms with Crippen molar-refractivity contribution in [3.63, 3.8) is 0 Å². The van der Waals surface area contributed by atoms with Crippen LogP contribution in [-0.2, 0) is 0 Å². The van der Waals surface area contributed by atoms with Gasteiger partial charge in [0.25, 0.3) is 0 Å². The molecule has 170 valence electrons. The molecule has 31 heavy (non-hydrogen) atoms. The first-order valence-corrected chi connectivity index (χ1v) is 11.9. The molecule has 7 heteroatoms. The van der Waals surface area contributed by atoms with Crippen LogP contribution in [0.3, 0.4) is 0 Å². The smallest absolute Gasteiger partial charge is 0.206 e. The number of ether oxygens (including phenoxy) is 3. The van der Waals surface area contributed by atoms with E-state index >= 15 is 0 Å². The summed E-state index contributed by atoms with van der Waals surface area (Å²) in [6.07, 6.45) is 7.10. The summed E-state index contributed by atoms with van der Waals surface area (Å²) in [7, 11) is 4.89. The number of hydrogen-bond donors (Lipinski definition) is 0. The van der Waals surface area contributed by atoms with Gasteiger partial charge in [-0.3, -0.25) is 4.99 Å². The summed E-state index contributed by atoms with van der Waals surface area (Å²) in [5.41, 5.74) is 3.02. The van der Waals surface area contributed by atoms with E-state index in [4.69, 9.17) is 24.3 Å². The van der Waals surface area contributed by atoms with Crippen LogP contribution in [-0.4, -0.2) is 37.8 Å². The normalized spacial score (nSPS) is 16.1. The molecule has 3 rings (SSSR count). The fourth-order valence-corrected chi connectivity index (χ4v) is 4.98. The molecule has 0 amide bonds. The van der Waals surface area contributed by atoms with E-state index in [9.17, 15) is 0 Å². The molecule has 0 N–H and O–H groups in total. The van der Waals surface area contributed by atoms with Crippen molar-refractivity contribution in [3.05, 3.63) is 22.3 Å². The van der Waals surface area contributed by atoms with Gasteiger partial charge in [0.15, 0.2) is 11.5 Å². The molecule has 0 aliphatic heterocycles. The Morgan fingerprint density at radius 1 is 1.06 bits per heavy atom. The van der Waals surface area contributed by atoms with Crippen LogP contribution in [0.5, 0.6) is 17.2 Å². The minimum Gasteiger partial charge on any atom is -0.493 e. The van der Waals surface area contributed by atoms with Crippen LogP contribution in [0.15, 0.2) is 27.6 Å². The highest BCUT2D eigenvalue weighted by molar-refractivity contribution is 7.07. The van der Waals surface area contributed by atoms with Crippen molar-refractivity contribution in [2.45, 2.75) is 65.3 Å². The Hall–Kier alpha value is -2.28. The molecule has 0 bridgehead atoms. The van der Waals surface area contributed by atoms with Gasteiger partial charge in [-0.05, 0) is 44.2 Å². The summed E-state index contributed by atoms with van der Waals surface area (Å²) in [5, 5.41) is 7.11. The van der Waals surface area contributed by atoms with Crippen LogP contribution in [0.4, 0.5) is 0 Å². The molecular formula is C24H35N3O3S. The summed E-state index contributed by atoms with van der Waals surface area (Å²) in [6.45, 7) is 6.52. The first-order chi connectivity index (χ1) is 15.0. The second kappa shape index (κ2) is 10.8. The maximum atomic E-state index is 5.57. The zero-order valence-electron chi connectivity index (χ0n) is 19.6. The minimum absolute atomic E-state index is 0.382. The highest BCUT2D eigenvalue weighted by Crippen LogP contribution is 2.41. The lowest BCUT2D eigenvalue weighted by molar-refractivity contribution is 0.324. The van der Waals surface area contributed by atoms with E-state index < -0.39 is 0 Å². The Kier molecular flexibility index (Phi) is 8.18. The largest absolute Gasteiger partial charge is 0.493 e. The van der Waals surface area contributed by atoms with Gasteiger partial charge in [0.1, 0.15) is 0 Å². The molecule has 0 atom stereocenters. The lowest BCUT2D eigenvalue weighted by Crippen LogP contribution is -2.19. The van der Waals surface area contributed by atoms with Gasteiger partial charge in [0.2, 0.25) is 10.6 Å². The first-order valence-electron chi connectivity index (χ1n) is 11.1. The molecule has 1 heterocycles. The van der Waals surface area contributed by atoms with Gasteiger partial charge in [-0.1, -0.05) is 33.1 Å². The summed E-state index contributed by atoms with van der Waals surface area (Å²) in [6, 6.07) is 4.32. The fourth-order valence-electron chi connectivity index (χ4n) is 4.08. The molecule has 1 aliphatic carbocycles. The molecule has 1 saturated carbocycles. The summed E-state index contributed by atoms with van der Waals surface area (Å²) in [5.74, 6) is 2.39.